The van der Waals surface area contributed by atoms with Crippen LogP contribution in [0.15, 0.2) is 57.7 Å². The third-order valence-corrected chi connectivity index (χ3v) is 4.00. The molecule has 0 amide bonds. The van der Waals surface area contributed by atoms with Crippen molar-refractivity contribution in [2.45, 2.75) is 19.5 Å². The van der Waals surface area contributed by atoms with Gasteiger partial charge in [-0.1, -0.05) is 23.7 Å². The lowest BCUT2D eigenvalue weighted by Crippen LogP contribution is -2.19. The third-order valence-electron chi connectivity index (χ3n) is 3.76. The highest BCUT2D eigenvalue weighted by Crippen LogP contribution is 2.23. The molecule has 1 aromatic heterocycles. The summed E-state index contributed by atoms with van der Waals surface area (Å²) in [6.07, 6.45) is 0. The van der Waals surface area contributed by atoms with E-state index in [1.807, 2.05) is 31.2 Å². The number of halogens is 1. The van der Waals surface area contributed by atoms with E-state index < -0.39 is 5.63 Å². The fourth-order valence-corrected chi connectivity index (χ4v) is 2.72. The van der Waals surface area contributed by atoms with Crippen molar-refractivity contribution in [3.63, 3.8) is 0 Å². The molecular formula is C18H16ClNO3. The number of phenolic OH excluding ortho intramolecular Hbond substituents is 1. The van der Waals surface area contributed by atoms with Gasteiger partial charge < -0.3 is 14.8 Å². The van der Waals surface area contributed by atoms with E-state index in [2.05, 4.69) is 5.32 Å². The predicted molar refractivity (Wildman–Crippen MR) is 90.9 cm³/mol. The number of aromatic hydroxyl groups is 1. The molecule has 3 rings (SSSR count). The summed E-state index contributed by atoms with van der Waals surface area (Å²) in [7, 11) is 0. The summed E-state index contributed by atoms with van der Waals surface area (Å²) < 4.78 is 5.13. The lowest BCUT2D eigenvalue weighted by molar-refractivity contribution is 0.473. The number of benzene rings is 2. The van der Waals surface area contributed by atoms with Crippen molar-refractivity contribution in [1.29, 1.82) is 0 Å². The smallest absolute Gasteiger partial charge is 0.336 e. The zero-order valence-corrected chi connectivity index (χ0v) is 13.3. The quantitative estimate of drug-likeness (QED) is 0.710. The summed E-state index contributed by atoms with van der Waals surface area (Å²) in [5.74, 6) is 0.0676. The molecule has 4 nitrogen and oxygen atoms in total. The number of rotatable bonds is 4. The maximum atomic E-state index is 11.7. The van der Waals surface area contributed by atoms with Gasteiger partial charge in [0.2, 0.25) is 0 Å². The molecule has 2 aromatic carbocycles. The third kappa shape index (κ3) is 3.55. The lowest BCUT2D eigenvalue weighted by Gasteiger charge is -2.15. The minimum absolute atomic E-state index is 0.0676. The van der Waals surface area contributed by atoms with Crippen molar-refractivity contribution in [2.75, 3.05) is 0 Å². The molecule has 0 saturated carbocycles. The molecule has 1 heterocycles. The van der Waals surface area contributed by atoms with Crippen LogP contribution in [0, 0.1) is 0 Å². The van der Waals surface area contributed by atoms with E-state index in [-0.39, 0.29) is 11.8 Å². The molecule has 0 saturated heterocycles. The minimum Gasteiger partial charge on any atom is -0.508 e. The van der Waals surface area contributed by atoms with Crippen LogP contribution in [0.1, 0.15) is 24.1 Å². The lowest BCUT2D eigenvalue weighted by atomic mass is 10.1. The van der Waals surface area contributed by atoms with Gasteiger partial charge >= 0.3 is 5.63 Å². The van der Waals surface area contributed by atoms with Crippen LogP contribution in [0.25, 0.3) is 11.0 Å². The first-order chi connectivity index (χ1) is 11.0. The Balaban J connectivity index is 1.85. The first-order valence-corrected chi connectivity index (χ1v) is 7.65. The molecule has 0 unspecified atom stereocenters. The minimum atomic E-state index is -0.435. The maximum absolute atomic E-state index is 11.7. The fraction of sp³-hybridized carbons (Fsp3) is 0.167. The van der Waals surface area contributed by atoms with Gasteiger partial charge in [0, 0.05) is 35.1 Å². The molecular weight excluding hydrogens is 314 g/mol. The summed E-state index contributed by atoms with van der Waals surface area (Å²) in [5, 5.41) is 14.4. The van der Waals surface area contributed by atoms with Crippen LogP contribution in [0.4, 0.5) is 0 Å². The largest absolute Gasteiger partial charge is 0.508 e. The molecule has 0 aliphatic carbocycles. The Bertz CT molecular complexity index is 904. The zero-order chi connectivity index (χ0) is 16.4. The van der Waals surface area contributed by atoms with E-state index in [0.717, 1.165) is 16.5 Å². The first kappa shape index (κ1) is 15.6. The Hall–Kier alpha value is -2.30. The first-order valence-electron chi connectivity index (χ1n) is 7.27. The highest BCUT2D eigenvalue weighted by atomic mass is 35.5. The van der Waals surface area contributed by atoms with Gasteiger partial charge in [-0.3, -0.25) is 0 Å². The van der Waals surface area contributed by atoms with Crippen molar-refractivity contribution >= 4 is 22.6 Å². The van der Waals surface area contributed by atoms with Crippen LogP contribution < -0.4 is 10.9 Å². The van der Waals surface area contributed by atoms with Crippen molar-refractivity contribution in [3.8, 4) is 5.75 Å². The number of hydrogen-bond donors (Lipinski definition) is 2. The Morgan fingerprint density at radius 1 is 1.22 bits per heavy atom. The molecule has 3 aromatic rings. The van der Waals surface area contributed by atoms with E-state index >= 15 is 0 Å². The summed E-state index contributed by atoms with van der Waals surface area (Å²) >= 11 is 6.01. The molecule has 0 bridgehead atoms. The summed E-state index contributed by atoms with van der Waals surface area (Å²) in [6.45, 7) is 2.53. The highest BCUT2D eigenvalue weighted by Gasteiger charge is 2.09. The van der Waals surface area contributed by atoms with E-state index in [0.29, 0.717) is 17.2 Å². The normalized spacial score (nSPS) is 12.4. The Kier molecular flexibility index (Phi) is 4.37. The predicted octanol–water partition coefficient (Wildman–Crippen LogP) is 4.00. The van der Waals surface area contributed by atoms with Gasteiger partial charge in [0.1, 0.15) is 11.3 Å². The van der Waals surface area contributed by atoms with Gasteiger partial charge in [-0.2, -0.15) is 0 Å². The molecule has 0 fully saturated rings. The topological polar surface area (TPSA) is 62.5 Å². The average molecular weight is 330 g/mol. The standard InChI is InChI=1S/C18H16ClNO3/c1-11(12-3-2-4-14(19)7-12)20-10-13-8-18(22)23-17-9-15(21)5-6-16(13)17/h2-9,11,20-21H,10H2,1H3/t11-/m1/s1. The number of fused-ring (bicyclic) bond motifs is 1. The van der Waals surface area contributed by atoms with Crippen LogP contribution >= 0.6 is 11.6 Å². The van der Waals surface area contributed by atoms with Gasteiger partial charge in [0.15, 0.2) is 0 Å². The molecule has 0 radical (unpaired) electrons. The van der Waals surface area contributed by atoms with E-state index in [9.17, 15) is 9.90 Å². The van der Waals surface area contributed by atoms with Crippen molar-refractivity contribution in [1.82, 2.24) is 5.32 Å². The summed E-state index contributed by atoms with van der Waals surface area (Å²) in [6, 6.07) is 14.0. The van der Waals surface area contributed by atoms with Crippen LogP contribution in [0.5, 0.6) is 5.75 Å². The van der Waals surface area contributed by atoms with Crippen molar-refractivity contribution < 1.29 is 9.52 Å². The molecule has 5 heteroatoms. The molecule has 0 aliphatic heterocycles. The number of phenols is 1. The molecule has 118 valence electrons. The molecule has 23 heavy (non-hydrogen) atoms. The van der Waals surface area contributed by atoms with Gasteiger partial charge in [-0.25, -0.2) is 4.79 Å². The van der Waals surface area contributed by atoms with Gasteiger partial charge in [-0.15, -0.1) is 0 Å². The van der Waals surface area contributed by atoms with Gasteiger partial charge in [0.05, 0.1) is 0 Å². The molecule has 0 spiro atoms. The average Bonchev–Trinajstić information content (AvgIpc) is 2.51. The van der Waals surface area contributed by atoms with E-state index in [1.54, 1.807) is 12.1 Å². The number of nitrogens with one attached hydrogen (secondary N) is 1. The van der Waals surface area contributed by atoms with Crippen LogP contribution in [-0.2, 0) is 6.54 Å². The maximum Gasteiger partial charge on any atom is 0.336 e. The summed E-state index contributed by atoms with van der Waals surface area (Å²) in [4.78, 5) is 11.7. The van der Waals surface area contributed by atoms with Crippen molar-refractivity contribution in [3.05, 3.63) is 75.1 Å². The second-order valence-electron chi connectivity index (χ2n) is 5.43. The molecule has 1 atom stereocenters. The van der Waals surface area contributed by atoms with Crippen LogP contribution in [-0.4, -0.2) is 5.11 Å². The number of hydrogen-bond acceptors (Lipinski definition) is 4. The fourth-order valence-electron chi connectivity index (χ4n) is 2.52. The Labute approximate surface area is 138 Å². The monoisotopic (exact) mass is 329 g/mol. The molecule has 2 N–H and O–H groups in total. The second kappa shape index (κ2) is 6.44. The van der Waals surface area contributed by atoms with Gasteiger partial charge in [-0.05, 0) is 42.3 Å². The van der Waals surface area contributed by atoms with Gasteiger partial charge in [0.25, 0.3) is 0 Å². The van der Waals surface area contributed by atoms with Crippen LogP contribution in [0.2, 0.25) is 5.02 Å². The highest BCUT2D eigenvalue weighted by molar-refractivity contribution is 6.30. The SMILES string of the molecule is C[C@@H](NCc1cc(=O)oc2cc(O)ccc12)c1cccc(Cl)c1. The zero-order valence-electron chi connectivity index (χ0n) is 12.5. The van der Waals surface area contributed by atoms with Crippen molar-refractivity contribution in [2.24, 2.45) is 0 Å². The van der Waals surface area contributed by atoms with E-state index in [4.69, 9.17) is 16.0 Å². The Morgan fingerprint density at radius 2 is 2.04 bits per heavy atom. The summed E-state index contributed by atoms with van der Waals surface area (Å²) in [5.41, 5.74) is 1.84. The van der Waals surface area contributed by atoms with Crippen LogP contribution in [0.3, 0.4) is 0 Å². The molecule has 0 aliphatic rings. The Morgan fingerprint density at radius 3 is 2.83 bits per heavy atom. The second-order valence-corrected chi connectivity index (χ2v) is 5.87. The van der Waals surface area contributed by atoms with E-state index in [1.165, 1.54) is 12.1 Å².